The monoisotopic (exact) mass is 252 g/mol. The van der Waals surface area contributed by atoms with Gasteiger partial charge < -0.3 is 20.5 Å². The van der Waals surface area contributed by atoms with Crippen molar-refractivity contribution in [2.24, 2.45) is 0 Å². The van der Waals surface area contributed by atoms with E-state index in [0.29, 0.717) is 13.2 Å². The molecule has 0 amide bonds. The molecule has 0 spiro atoms. The summed E-state index contributed by atoms with van der Waals surface area (Å²) in [6.07, 6.45) is 3.08. The average Bonchev–Trinajstić information content (AvgIpc) is 2.41. The van der Waals surface area contributed by atoms with Gasteiger partial charge in [-0.1, -0.05) is 0 Å². The maximum atomic E-state index is 9.60. The molecule has 3 N–H and O–H groups in total. The zero-order valence-corrected chi connectivity index (χ0v) is 10.6. The first kappa shape index (κ1) is 13.0. The third kappa shape index (κ3) is 3.08. The van der Waals surface area contributed by atoms with Crippen molar-refractivity contribution >= 4 is 11.6 Å². The topological polar surface area (TPSA) is 79.3 Å². The Morgan fingerprint density at radius 3 is 2.72 bits per heavy atom. The number of aromatic nitrogens is 2. The second-order valence-corrected chi connectivity index (χ2v) is 4.49. The first-order valence-electron chi connectivity index (χ1n) is 6.31. The van der Waals surface area contributed by atoms with Crippen LogP contribution in [0.2, 0.25) is 0 Å². The summed E-state index contributed by atoms with van der Waals surface area (Å²) in [5, 5.41) is 16.1. The number of ether oxygens (including phenoxy) is 1. The fraction of sp³-hybridized carbons (Fsp3) is 0.667. The number of rotatable bonds is 5. The molecule has 0 atom stereocenters. The Bertz CT molecular complexity index is 380. The Balaban J connectivity index is 2.08. The third-order valence-electron chi connectivity index (χ3n) is 3.17. The van der Waals surface area contributed by atoms with Crippen LogP contribution in [-0.4, -0.2) is 47.0 Å². The van der Waals surface area contributed by atoms with Gasteiger partial charge in [0.15, 0.2) is 0 Å². The maximum absolute atomic E-state index is 9.60. The van der Waals surface area contributed by atoms with E-state index < -0.39 is 0 Å². The fourth-order valence-electron chi connectivity index (χ4n) is 2.06. The fourth-order valence-corrected chi connectivity index (χ4v) is 2.06. The molecule has 2 rings (SSSR count). The highest BCUT2D eigenvalue weighted by atomic mass is 16.5. The zero-order valence-electron chi connectivity index (χ0n) is 10.6. The van der Waals surface area contributed by atoms with Crippen LogP contribution in [0.1, 0.15) is 19.8 Å². The molecule has 6 heteroatoms. The summed E-state index contributed by atoms with van der Waals surface area (Å²) in [7, 11) is 0. The normalized spacial score (nSPS) is 18.3. The van der Waals surface area contributed by atoms with Crippen LogP contribution in [0, 0.1) is 0 Å². The molecule has 1 aromatic heterocycles. The van der Waals surface area contributed by atoms with E-state index in [1.165, 1.54) is 6.33 Å². The smallest absolute Gasteiger partial charge is 0.131 e. The van der Waals surface area contributed by atoms with Crippen LogP contribution in [-0.2, 0) is 4.74 Å². The van der Waals surface area contributed by atoms with Crippen LogP contribution in [0.4, 0.5) is 11.6 Å². The highest BCUT2D eigenvalue weighted by Crippen LogP contribution is 2.25. The molecule has 0 aliphatic carbocycles. The van der Waals surface area contributed by atoms with E-state index in [2.05, 4.69) is 20.6 Å². The number of nitrogens with one attached hydrogen (secondary N) is 2. The minimum absolute atomic E-state index is 0.0803. The van der Waals surface area contributed by atoms with Crippen LogP contribution < -0.4 is 10.6 Å². The number of aliphatic hydroxyl groups excluding tert-OH is 1. The summed E-state index contributed by atoms with van der Waals surface area (Å²) in [5.74, 6) is 1.52. The SMILES string of the molecule is CCNc1cc(NC2(CO)CCOCC2)ncn1. The van der Waals surface area contributed by atoms with E-state index in [0.717, 1.165) is 31.0 Å². The molecule has 1 fully saturated rings. The van der Waals surface area contributed by atoms with Crippen molar-refractivity contribution in [1.29, 1.82) is 0 Å². The van der Waals surface area contributed by atoms with Crippen molar-refractivity contribution < 1.29 is 9.84 Å². The lowest BCUT2D eigenvalue weighted by Crippen LogP contribution is -2.47. The Kier molecular flexibility index (Phi) is 4.33. The first-order chi connectivity index (χ1) is 8.78. The van der Waals surface area contributed by atoms with Crippen molar-refractivity contribution in [3.63, 3.8) is 0 Å². The van der Waals surface area contributed by atoms with Gasteiger partial charge in [0.25, 0.3) is 0 Å². The minimum atomic E-state index is -0.323. The largest absolute Gasteiger partial charge is 0.394 e. The van der Waals surface area contributed by atoms with Crippen LogP contribution in [0.3, 0.4) is 0 Å². The molecule has 0 radical (unpaired) electrons. The Morgan fingerprint density at radius 1 is 1.33 bits per heavy atom. The zero-order chi connectivity index (χ0) is 12.8. The van der Waals surface area contributed by atoms with Crippen LogP contribution in [0.25, 0.3) is 0 Å². The Hall–Kier alpha value is -1.40. The van der Waals surface area contributed by atoms with Crippen molar-refractivity contribution in [1.82, 2.24) is 9.97 Å². The molecule has 1 aliphatic heterocycles. The summed E-state index contributed by atoms with van der Waals surface area (Å²) in [6.45, 7) is 4.24. The third-order valence-corrected chi connectivity index (χ3v) is 3.17. The highest BCUT2D eigenvalue weighted by molar-refractivity contribution is 5.48. The van der Waals surface area contributed by atoms with Gasteiger partial charge in [0.2, 0.25) is 0 Å². The summed E-state index contributed by atoms with van der Waals surface area (Å²) in [4.78, 5) is 8.32. The molecule has 1 aromatic rings. The second kappa shape index (κ2) is 5.97. The minimum Gasteiger partial charge on any atom is -0.394 e. The molecule has 6 nitrogen and oxygen atoms in total. The van der Waals surface area contributed by atoms with Crippen molar-refractivity contribution in [3.05, 3.63) is 12.4 Å². The van der Waals surface area contributed by atoms with E-state index in [9.17, 15) is 5.11 Å². The quantitative estimate of drug-likeness (QED) is 0.721. The van der Waals surface area contributed by atoms with E-state index in [-0.39, 0.29) is 12.1 Å². The summed E-state index contributed by atoms with van der Waals surface area (Å²) in [6, 6.07) is 1.86. The average molecular weight is 252 g/mol. The van der Waals surface area contributed by atoms with Crippen LogP contribution in [0.15, 0.2) is 12.4 Å². The molecule has 2 heterocycles. The van der Waals surface area contributed by atoms with Gasteiger partial charge in [-0.2, -0.15) is 0 Å². The lowest BCUT2D eigenvalue weighted by molar-refractivity contribution is 0.0378. The lowest BCUT2D eigenvalue weighted by atomic mass is 9.91. The molecule has 0 unspecified atom stereocenters. The highest BCUT2D eigenvalue weighted by Gasteiger charge is 2.32. The molecular formula is C12H20N4O2. The predicted molar refractivity (Wildman–Crippen MR) is 69.7 cm³/mol. The molecule has 1 aliphatic rings. The van der Waals surface area contributed by atoms with Crippen molar-refractivity contribution in [2.45, 2.75) is 25.3 Å². The number of anilines is 2. The van der Waals surface area contributed by atoms with Gasteiger partial charge in [0.1, 0.15) is 18.0 Å². The Morgan fingerprint density at radius 2 is 2.06 bits per heavy atom. The van der Waals surface area contributed by atoms with E-state index >= 15 is 0 Å². The standard InChI is InChI=1S/C12H20N4O2/c1-2-13-10-7-11(15-9-14-10)16-12(8-17)3-5-18-6-4-12/h7,9,17H,2-6,8H2,1H3,(H2,13,14,15,16). The summed E-state index contributed by atoms with van der Waals surface area (Å²) < 4.78 is 5.33. The molecule has 0 saturated carbocycles. The molecule has 1 saturated heterocycles. The van der Waals surface area contributed by atoms with E-state index in [4.69, 9.17) is 4.74 Å². The number of hydrogen-bond donors (Lipinski definition) is 3. The summed E-state index contributed by atoms with van der Waals surface area (Å²) in [5.41, 5.74) is -0.323. The molecule has 0 aromatic carbocycles. The van der Waals surface area contributed by atoms with Gasteiger partial charge in [-0.3, -0.25) is 0 Å². The van der Waals surface area contributed by atoms with Crippen LogP contribution >= 0.6 is 0 Å². The van der Waals surface area contributed by atoms with Gasteiger partial charge in [-0.05, 0) is 19.8 Å². The van der Waals surface area contributed by atoms with Crippen LogP contribution in [0.5, 0.6) is 0 Å². The maximum Gasteiger partial charge on any atom is 0.131 e. The number of hydrogen-bond acceptors (Lipinski definition) is 6. The number of nitrogens with zero attached hydrogens (tertiary/aromatic N) is 2. The lowest BCUT2D eigenvalue weighted by Gasteiger charge is -2.36. The van der Waals surface area contributed by atoms with Gasteiger partial charge in [-0.15, -0.1) is 0 Å². The first-order valence-corrected chi connectivity index (χ1v) is 6.31. The Labute approximate surface area is 107 Å². The van der Waals surface area contributed by atoms with Crippen molar-refractivity contribution in [3.8, 4) is 0 Å². The molecular weight excluding hydrogens is 232 g/mol. The van der Waals surface area contributed by atoms with Crippen molar-refractivity contribution in [2.75, 3.05) is 37.0 Å². The van der Waals surface area contributed by atoms with E-state index in [1.54, 1.807) is 0 Å². The van der Waals surface area contributed by atoms with Gasteiger partial charge >= 0.3 is 0 Å². The van der Waals surface area contributed by atoms with E-state index in [1.807, 2.05) is 13.0 Å². The molecule has 0 bridgehead atoms. The summed E-state index contributed by atoms with van der Waals surface area (Å²) >= 11 is 0. The second-order valence-electron chi connectivity index (χ2n) is 4.49. The molecule has 18 heavy (non-hydrogen) atoms. The molecule has 100 valence electrons. The van der Waals surface area contributed by atoms with Gasteiger partial charge in [0.05, 0.1) is 12.1 Å². The van der Waals surface area contributed by atoms with Gasteiger partial charge in [-0.25, -0.2) is 9.97 Å². The van der Waals surface area contributed by atoms with Gasteiger partial charge in [0, 0.05) is 25.8 Å². The number of aliphatic hydroxyl groups is 1. The predicted octanol–water partition coefficient (Wildman–Crippen LogP) is 0.862.